The van der Waals surface area contributed by atoms with E-state index in [9.17, 15) is 4.79 Å². The van der Waals surface area contributed by atoms with Gasteiger partial charge in [-0.3, -0.25) is 4.79 Å². The summed E-state index contributed by atoms with van der Waals surface area (Å²) >= 11 is 3.09. The van der Waals surface area contributed by atoms with Gasteiger partial charge in [0, 0.05) is 21.8 Å². The van der Waals surface area contributed by atoms with Crippen molar-refractivity contribution >= 4 is 28.9 Å². The molecule has 0 saturated heterocycles. The van der Waals surface area contributed by atoms with Crippen molar-refractivity contribution in [2.24, 2.45) is 0 Å². The fraction of sp³-hybridized carbons (Fsp3) is 0.238. The van der Waals surface area contributed by atoms with Crippen molar-refractivity contribution in [3.8, 4) is 5.69 Å². The van der Waals surface area contributed by atoms with E-state index in [4.69, 9.17) is 0 Å². The summed E-state index contributed by atoms with van der Waals surface area (Å²) in [6.07, 6.45) is 0. The molecule has 0 aliphatic carbocycles. The zero-order valence-electron chi connectivity index (χ0n) is 16.5. The molecule has 1 aromatic carbocycles. The van der Waals surface area contributed by atoms with Crippen molar-refractivity contribution in [2.75, 3.05) is 5.75 Å². The number of hydrogen-bond donors (Lipinski definition) is 0. The van der Waals surface area contributed by atoms with Crippen molar-refractivity contribution in [2.45, 2.75) is 32.5 Å². The number of Topliss-reactive ketones (excluding diaryl/α,β-unsaturated/α-hetero) is 1. The quantitative estimate of drug-likeness (QED) is 0.324. The van der Waals surface area contributed by atoms with Gasteiger partial charge in [-0.15, -0.1) is 16.4 Å². The summed E-state index contributed by atoms with van der Waals surface area (Å²) in [6.45, 7) is 6.86. The molecule has 3 aromatic heterocycles. The first-order valence-corrected chi connectivity index (χ1v) is 11.1. The van der Waals surface area contributed by atoms with Gasteiger partial charge in [0.2, 0.25) is 5.16 Å². The summed E-state index contributed by atoms with van der Waals surface area (Å²) in [6, 6.07) is 14.1. The molecule has 0 N–H and O–H groups in total. The standard InChI is InChI=1S/C21H21N5OS2/c1-14-7-4-5-9-19(14)26-21(22-23-24-26)29-13-20(27)18-11-15(2)25(16(18)3)12-17-8-6-10-28-17/h4-11H,12-13H2,1-3H3. The van der Waals surface area contributed by atoms with E-state index in [-0.39, 0.29) is 11.5 Å². The van der Waals surface area contributed by atoms with Crippen LogP contribution in [0.25, 0.3) is 5.69 Å². The molecule has 0 saturated carbocycles. The second-order valence-electron chi connectivity index (χ2n) is 6.82. The number of hydrogen-bond acceptors (Lipinski definition) is 6. The van der Waals surface area contributed by atoms with E-state index >= 15 is 0 Å². The van der Waals surface area contributed by atoms with Crippen LogP contribution in [0.15, 0.2) is 53.0 Å². The van der Waals surface area contributed by atoms with Gasteiger partial charge < -0.3 is 4.57 Å². The molecule has 6 nitrogen and oxygen atoms in total. The topological polar surface area (TPSA) is 65.6 Å². The summed E-state index contributed by atoms with van der Waals surface area (Å²) in [5.74, 6) is 0.370. The molecule has 29 heavy (non-hydrogen) atoms. The van der Waals surface area contributed by atoms with Crippen molar-refractivity contribution in [3.05, 3.63) is 75.2 Å². The molecule has 0 unspecified atom stereocenters. The lowest BCUT2D eigenvalue weighted by Crippen LogP contribution is -2.08. The van der Waals surface area contributed by atoms with E-state index in [1.54, 1.807) is 16.0 Å². The minimum absolute atomic E-state index is 0.0832. The number of tetrazole rings is 1. The summed E-state index contributed by atoms with van der Waals surface area (Å²) < 4.78 is 3.88. The lowest BCUT2D eigenvalue weighted by atomic mass is 10.2. The second-order valence-corrected chi connectivity index (χ2v) is 8.80. The third-order valence-electron chi connectivity index (χ3n) is 4.89. The van der Waals surface area contributed by atoms with Crippen LogP contribution in [0.1, 0.15) is 32.2 Å². The lowest BCUT2D eigenvalue weighted by molar-refractivity contribution is 0.102. The van der Waals surface area contributed by atoms with Gasteiger partial charge in [0.15, 0.2) is 5.78 Å². The van der Waals surface area contributed by atoms with E-state index < -0.39 is 0 Å². The van der Waals surface area contributed by atoms with Crippen LogP contribution in [0, 0.1) is 20.8 Å². The maximum absolute atomic E-state index is 12.9. The van der Waals surface area contributed by atoms with Crippen LogP contribution >= 0.6 is 23.1 Å². The number of nitrogens with zero attached hydrogens (tertiary/aromatic N) is 5. The van der Waals surface area contributed by atoms with Gasteiger partial charge in [-0.05, 0) is 60.3 Å². The number of ketones is 1. The van der Waals surface area contributed by atoms with Crippen LogP contribution in [0.2, 0.25) is 0 Å². The molecule has 4 rings (SSSR count). The maximum Gasteiger partial charge on any atom is 0.214 e. The third kappa shape index (κ3) is 4.04. The van der Waals surface area contributed by atoms with E-state index in [0.29, 0.717) is 5.16 Å². The lowest BCUT2D eigenvalue weighted by Gasteiger charge is -2.08. The van der Waals surface area contributed by atoms with E-state index in [1.807, 2.05) is 51.1 Å². The maximum atomic E-state index is 12.9. The fourth-order valence-corrected chi connectivity index (χ4v) is 4.77. The van der Waals surface area contributed by atoms with Crippen LogP contribution < -0.4 is 0 Å². The fourth-order valence-electron chi connectivity index (χ4n) is 3.31. The first-order valence-electron chi connectivity index (χ1n) is 9.24. The number of carbonyl (C=O) groups is 1. The molecule has 0 fully saturated rings. The molecule has 0 atom stereocenters. The zero-order chi connectivity index (χ0) is 20.4. The molecule has 148 valence electrons. The summed E-state index contributed by atoms with van der Waals surface area (Å²) in [5, 5.41) is 14.7. The number of aromatic nitrogens is 5. The molecule has 3 heterocycles. The number of carbonyl (C=O) groups excluding carboxylic acids is 1. The predicted molar refractivity (Wildman–Crippen MR) is 116 cm³/mol. The van der Waals surface area contributed by atoms with E-state index in [0.717, 1.165) is 34.7 Å². The Bertz CT molecular complexity index is 1140. The number of thioether (sulfide) groups is 1. The molecular formula is C21H21N5OS2. The molecule has 0 bridgehead atoms. The average Bonchev–Trinajstić information content (AvgIpc) is 3.44. The molecule has 0 amide bonds. The van der Waals surface area contributed by atoms with Crippen molar-refractivity contribution in [1.29, 1.82) is 0 Å². The van der Waals surface area contributed by atoms with Crippen molar-refractivity contribution in [3.63, 3.8) is 0 Å². The molecule has 0 aliphatic heterocycles. The molecule has 0 radical (unpaired) electrons. The smallest absolute Gasteiger partial charge is 0.214 e. The van der Waals surface area contributed by atoms with E-state index in [1.165, 1.54) is 16.6 Å². The van der Waals surface area contributed by atoms with Gasteiger partial charge in [-0.25, -0.2) is 0 Å². The monoisotopic (exact) mass is 423 g/mol. The Morgan fingerprint density at radius 1 is 1.14 bits per heavy atom. The van der Waals surface area contributed by atoms with Gasteiger partial charge >= 0.3 is 0 Å². The highest BCUT2D eigenvalue weighted by Crippen LogP contribution is 2.24. The number of aryl methyl sites for hydroxylation is 2. The second kappa shape index (κ2) is 8.34. The molecule has 4 aromatic rings. The summed E-state index contributed by atoms with van der Waals surface area (Å²) in [5.41, 5.74) is 4.85. The van der Waals surface area contributed by atoms with Crippen molar-refractivity contribution in [1.82, 2.24) is 24.8 Å². The van der Waals surface area contributed by atoms with Crippen LogP contribution in [-0.2, 0) is 6.54 Å². The number of benzene rings is 1. The number of rotatable bonds is 7. The highest BCUT2D eigenvalue weighted by Gasteiger charge is 2.18. The van der Waals surface area contributed by atoms with E-state index in [2.05, 4.69) is 37.6 Å². The number of thiophene rings is 1. The first kappa shape index (κ1) is 19.6. The largest absolute Gasteiger partial charge is 0.343 e. The zero-order valence-corrected chi connectivity index (χ0v) is 18.1. The first-order chi connectivity index (χ1) is 14.0. The van der Waals surface area contributed by atoms with Gasteiger partial charge in [0.25, 0.3) is 0 Å². The molecule has 0 spiro atoms. The normalized spacial score (nSPS) is 11.1. The molecule has 8 heteroatoms. The van der Waals surface area contributed by atoms with Gasteiger partial charge in [-0.1, -0.05) is 36.0 Å². The summed E-state index contributed by atoms with van der Waals surface area (Å²) in [4.78, 5) is 14.2. The molecular weight excluding hydrogens is 402 g/mol. The van der Waals surface area contributed by atoms with Gasteiger partial charge in [0.05, 0.1) is 18.0 Å². The SMILES string of the molecule is Cc1ccccc1-n1nnnc1SCC(=O)c1cc(C)n(Cc2cccs2)c1C. The highest BCUT2D eigenvalue weighted by atomic mass is 32.2. The van der Waals surface area contributed by atoms with Crippen LogP contribution in [0.3, 0.4) is 0 Å². The van der Waals surface area contributed by atoms with Crippen LogP contribution in [0.4, 0.5) is 0 Å². The predicted octanol–water partition coefficient (Wildman–Crippen LogP) is 4.47. The Hall–Kier alpha value is -2.71. The van der Waals surface area contributed by atoms with Gasteiger partial charge in [-0.2, -0.15) is 4.68 Å². The minimum atomic E-state index is 0.0832. The molecule has 0 aliphatic rings. The van der Waals surface area contributed by atoms with Crippen molar-refractivity contribution < 1.29 is 4.79 Å². The number of para-hydroxylation sites is 1. The Morgan fingerprint density at radius 3 is 2.72 bits per heavy atom. The van der Waals surface area contributed by atoms with Crippen LogP contribution in [0.5, 0.6) is 0 Å². The highest BCUT2D eigenvalue weighted by molar-refractivity contribution is 7.99. The van der Waals surface area contributed by atoms with Gasteiger partial charge in [0.1, 0.15) is 0 Å². The van der Waals surface area contributed by atoms with Crippen LogP contribution in [-0.4, -0.2) is 36.3 Å². The third-order valence-corrected chi connectivity index (χ3v) is 6.67. The Labute approximate surface area is 177 Å². The Morgan fingerprint density at radius 2 is 1.97 bits per heavy atom. The Balaban J connectivity index is 1.50. The summed E-state index contributed by atoms with van der Waals surface area (Å²) in [7, 11) is 0. The minimum Gasteiger partial charge on any atom is -0.343 e. The Kier molecular flexibility index (Phi) is 5.64. The average molecular weight is 424 g/mol.